The summed E-state index contributed by atoms with van der Waals surface area (Å²) in [4.78, 5) is 51.6. The van der Waals surface area contributed by atoms with Crippen molar-refractivity contribution in [2.75, 3.05) is 45.3 Å². The van der Waals surface area contributed by atoms with E-state index in [9.17, 15) is 27.6 Å². The lowest BCUT2D eigenvalue weighted by Gasteiger charge is -2.26. The van der Waals surface area contributed by atoms with Crippen molar-refractivity contribution in [3.8, 4) is 5.75 Å². The maximum absolute atomic E-state index is 13.0. The number of anilines is 1. The summed E-state index contributed by atoms with van der Waals surface area (Å²) in [6.45, 7) is 0.304. The Hall–Kier alpha value is -3.03. The number of nitrogens with one attached hydrogen (secondary N) is 1. The van der Waals surface area contributed by atoms with Crippen molar-refractivity contribution in [1.82, 2.24) is 14.1 Å². The molecule has 1 aliphatic carbocycles. The average Bonchev–Trinajstić information content (AvgIpc) is 3.43. The predicted octanol–water partition coefficient (Wildman–Crippen LogP) is 0.388. The molecule has 0 unspecified atom stereocenters. The number of amides is 5. The summed E-state index contributed by atoms with van der Waals surface area (Å²) in [6, 6.07) is 2.88. The monoisotopic (exact) mass is 494 g/mol. The number of nitrogens with zero attached hydrogens (tertiary/aromatic N) is 3. The van der Waals surface area contributed by atoms with Crippen molar-refractivity contribution in [1.29, 1.82) is 0 Å². The number of carbonyl (C=O) groups is 4. The van der Waals surface area contributed by atoms with Gasteiger partial charge in [0.05, 0.1) is 30.9 Å². The van der Waals surface area contributed by atoms with Gasteiger partial charge in [-0.1, -0.05) is 12.8 Å². The standard InChI is InChI=1S/C21H26N4O8S/c1-32-17-7-6-15(34(30,31)23-8-10-33-11-9-23)12-16(17)22-18(26)13-24-19(27)20(28)25(21(24)29)14-4-2-3-5-14/h6-7,12,14H,2-5,8-11,13H2,1H3,(H,22,26). The molecule has 3 fully saturated rings. The van der Waals surface area contributed by atoms with Crippen LogP contribution in [0.15, 0.2) is 23.1 Å². The second kappa shape index (κ2) is 9.68. The van der Waals surface area contributed by atoms with Crippen LogP contribution in [0.2, 0.25) is 0 Å². The number of urea groups is 1. The third-order valence-corrected chi connectivity index (χ3v) is 8.02. The highest BCUT2D eigenvalue weighted by atomic mass is 32.2. The Morgan fingerprint density at radius 2 is 1.79 bits per heavy atom. The van der Waals surface area contributed by atoms with Gasteiger partial charge in [-0.2, -0.15) is 4.31 Å². The fraction of sp³-hybridized carbons (Fsp3) is 0.524. The van der Waals surface area contributed by atoms with Crippen molar-refractivity contribution in [2.45, 2.75) is 36.6 Å². The van der Waals surface area contributed by atoms with E-state index in [0.717, 1.165) is 17.7 Å². The van der Waals surface area contributed by atoms with Gasteiger partial charge in [-0.25, -0.2) is 18.1 Å². The maximum Gasteiger partial charge on any atom is 0.334 e. The highest BCUT2D eigenvalue weighted by molar-refractivity contribution is 7.89. The molecule has 2 aliphatic heterocycles. The molecule has 3 aliphatic rings. The van der Waals surface area contributed by atoms with Crippen LogP contribution >= 0.6 is 0 Å². The Kier molecular flexibility index (Phi) is 6.86. The first-order valence-electron chi connectivity index (χ1n) is 11.0. The number of ether oxygens (including phenoxy) is 2. The van der Waals surface area contributed by atoms with Gasteiger partial charge in [0.2, 0.25) is 15.9 Å². The molecule has 2 saturated heterocycles. The van der Waals surface area contributed by atoms with Crippen LogP contribution in [0.5, 0.6) is 5.75 Å². The van der Waals surface area contributed by atoms with Gasteiger partial charge in [-0.15, -0.1) is 0 Å². The first-order valence-corrected chi connectivity index (χ1v) is 12.4. The van der Waals surface area contributed by atoms with E-state index in [4.69, 9.17) is 9.47 Å². The third kappa shape index (κ3) is 4.50. The lowest BCUT2D eigenvalue weighted by Crippen LogP contribution is -2.41. The second-order valence-electron chi connectivity index (χ2n) is 8.21. The lowest BCUT2D eigenvalue weighted by atomic mass is 10.2. The lowest BCUT2D eigenvalue weighted by molar-refractivity contribution is -0.144. The fourth-order valence-electron chi connectivity index (χ4n) is 4.36. The number of hydrogen-bond acceptors (Lipinski definition) is 8. The molecule has 184 valence electrons. The summed E-state index contributed by atoms with van der Waals surface area (Å²) in [6.07, 6.45) is 2.98. The molecule has 4 rings (SSSR count). The molecular weight excluding hydrogens is 468 g/mol. The summed E-state index contributed by atoms with van der Waals surface area (Å²) >= 11 is 0. The van der Waals surface area contributed by atoms with Crippen molar-refractivity contribution in [3.05, 3.63) is 18.2 Å². The fourth-order valence-corrected chi connectivity index (χ4v) is 5.80. The number of rotatable bonds is 7. The quantitative estimate of drug-likeness (QED) is 0.424. The molecule has 1 aromatic rings. The molecule has 0 bridgehead atoms. The summed E-state index contributed by atoms with van der Waals surface area (Å²) in [7, 11) is -2.48. The molecule has 2 heterocycles. The predicted molar refractivity (Wildman–Crippen MR) is 117 cm³/mol. The zero-order valence-electron chi connectivity index (χ0n) is 18.7. The number of methoxy groups -OCH3 is 1. The van der Waals surface area contributed by atoms with E-state index in [2.05, 4.69) is 5.32 Å². The van der Waals surface area contributed by atoms with Crippen molar-refractivity contribution < 1.29 is 37.1 Å². The van der Waals surface area contributed by atoms with Crippen molar-refractivity contribution >= 4 is 39.5 Å². The van der Waals surface area contributed by atoms with Gasteiger partial charge in [-0.05, 0) is 31.0 Å². The Labute approximate surface area is 196 Å². The van der Waals surface area contributed by atoms with Gasteiger partial charge in [0, 0.05) is 19.1 Å². The third-order valence-electron chi connectivity index (χ3n) is 6.13. The molecule has 0 spiro atoms. The summed E-state index contributed by atoms with van der Waals surface area (Å²) in [5.74, 6) is -2.57. The maximum atomic E-state index is 13.0. The largest absolute Gasteiger partial charge is 0.495 e. The molecule has 0 aromatic heterocycles. The van der Waals surface area contributed by atoms with E-state index in [0.29, 0.717) is 17.7 Å². The molecule has 1 N–H and O–H groups in total. The van der Waals surface area contributed by atoms with E-state index >= 15 is 0 Å². The number of sulfonamides is 1. The van der Waals surface area contributed by atoms with Crippen LogP contribution in [0.25, 0.3) is 0 Å². The summed E-state index contributed by atoms with van der Waals surface area (Å²) in [5, 5.41) is 2.50. The van der Waals surface area contributed by atoms with Crippen LogP contribution in [0.4, 0.5) is 10.5 Å². The zero-order valence-corrected chi connectivity index (χ0v) is 19.5. The minimum absolute atomic E-state index is 0.0542. The molecule has 34 heavy (non-hydrogen) atoms. The van der Waals surface area contributed by atoms with Gasteiger partial charge in [0.25, 0.3) is 0 Å². The van der Waals surface area contributed by atoms with Gasteiger partial charge < -0.3 is 14.8 Å². The highest BCUT2D eigenvalue weighted by Crippen LogP contribution is 2.30. The van der Waals surface area contributed by atoms with Gasteiger partial charge >= 0.3 is 17.8 Å². The van der Waals surface area contributed by atoms with E-state index in [1.165, 1.54) is 29.6 Å². The minimum Gasteiger partial charge on any atom is -0.495 e. The second-order valence-corrected chi connectivity index (χ2v) is 10.2. The Bertz CT molecular complexity index is 1110. The smallest absolute Gasteiger partial charge is 0.334 e. The molecule has 1 saturated carbocycles. The summed E-state index contributed by atoms with van der Waals surface area (Å²) in [5.41, 5.74) is 0.0555. The number of benzene rings is 1. The zero-order chi connectivity index (χ0) is 24.5. The van der Waals surface area contributed by atoms with Crippen LogP contribution in [-0.4, -0.2) is 92.3 Å². The molecular formula is C21H26N4O8S. The molecule has 0 radical (unpaired) electrons. The van der Waals surface area contributed by atoms with Crippen LogP contribution < -0.4 is 10.1 Å². The highest BCUT2D eigenvalue weighted by Gasteiger charge is 2.48. The first kappa shape index (κ1) is 24.1. The normalized spacial score (nSPS) is 20.3. The number of hydrogen-bond donors (Lipinski definition) is 1. The van der Waals surface area contributed by atoms with Gasteiger partial charge in [-0.3, -0.25) is 19.3 Å². The Morgan fingerprint density at radius 1 is 1.12 bits per heavy atom. The number of carbonyl (C=O) groups excluding carboxylic acids is 4. The van der Waals surface area contributed by atoms with Crippen LogP contribution in [0.3, 0.4) is 0 Å². The topological polar surface area (TPSA) is 143 Å². The van der Waals surface area contributed by atoms with E-state index in [-0.39, 0.29) is 48.7 Å². The SMILES string of the molecule is COc1ccc(S(=O)(=O)N2CCOCC2)cc1NC(=O)CN1C(=O)C(=O)N(C2CCCC2)C1=O. The van der Waals surface area contributed by atoms with E-state index < -0.39 is 40.3 Å². The summed E-state index contributed by atoms with van der Waals surface area (Å²) < 4.78 is 37.6. The van der Waals surface area contributed by atoms with Gasteiger partial charge in [0.15, 0.2) is 0 Å². The van der Waals surface area contributed by atoms with Crippen molar-refractivity contribution in [2.24, 2.45) is 0 Å². The van der Waals surface area contributed by atoms with Crippen LogP contribution in [-0.2, 0) is 29.1 Å². The molecule has 12 nitrogen and oxygen atoms in total. The van der Waals surface area contributed by atoms with E-state index in [1.54, 1.807) is 0 Å². The van der Waals surface area contributed by atoms with Crippen molar-refractivity contribution in [3.63, 3.8) is 0 Å². The molecule has 0 atom stereocenters. The number of imide groups is 2. The molecule has 13 heteroatoms. The Morgan fingerprint density at radius 3 is 2.44 bits per heavy atom. The van der Waals surface area contributed by atoms with Crippen LogP contribution in [0, 0.1) is 0 Å². The van der Waals surface area contributed by atoms with Crippen LogP contribution in [0.1, 0.15) is 25.7 Å². The molecule has 1 aromatic carbocycles. The number of morpholine rings is 1. The first-order chi connectivity index (χ1) is 16.2. The average molecular weight is 495 g/mol. The van der Waals surface area contributed by atoms with Gasteiger partial charge in [0.1, 0.15) is 12.3 Å². The molecule has 5 amide bonds. The Balaban J connectivity index is 1.50. The van der Waals surface area contributed by atoms with E-state index in [1.807, 2.05) is 0 Å². The minimum atomic E-state index is -3.83.